The lowest BCUT2D eigenvalue weighted by molar-refractivity contribution is 0.0433. The number of rotatable bonds is 6. The largest absolute Gasteiger partial charge is 0.462 e. The topological polar surface area (TPSA) is 60.4 Å². The minimum Gasteiger partial charge on any atom is -0.462 e. The summed E-state index contributed by atoms with van der Waals surface area (Å²) in [5, 5.41) is 0.112. The normalized spacial score (nSPS) is 11.7. The second-order valence-corrected chi connectivity index (χ2v) is 7.40. The van der Waals surface area contributed by atoms with E-state index in [1.54, 1.807) is 0 Å². The average Bonchev–Trinajstić information content (AvgIpc) is 2.38. The van der Waals surface area contributed by atoms with Crippen LogP contribution in [0.2, 0.25) is 5.02 Å². The van der Waals surface area contributed by atoms with Gasteiger partial charge in [0.25, 0.3) is 9.05 Å². The molecule has 0 saturated carbocycles. The Morgan fingerprint density at radius 3 is 2.35 bits per heavy atom. The molecule has 0 amide bonds. The van der Waals surface area contributed by atoms with E-state index in [9.17, 15) is 13.2 Å². The second kappa shape index (κ2) is 7.29. The van der Waals surface area contributed by atoms with Crippen molar-refractivity contribution >= 4 is 37.3 Å². The van der Waals surface area contributed by atoms with Gasteiger partial charge >= 0.3 is 5.97 Å². The summed E-state index contributed by atoms with van der Waals surface area (Å²) >= 11 is 5.79. The second-order valence-electron chi connectivity index (χ2n) is 4.39. The highest BCUT2D eigenvalue weighted by molar-refractivity contribution is 8.13. The van der Waals surface area contributed by atoms with Gasteiger partial charge in [0.1, 0.15) is 0 Å². The Bertz CT molecular complexity index is 580. The van der Waals surface area contributed by atoms with Crippen molar-refractivity contribution in [2.24, 2.45) is 5.92 Å². The van der Waals surface area contributed by atoms with Gasteiger partial charge in [-0.3, -0.25) is 0 Å². The molecule has 0 bridgehead atoms. The highest BCUT2D eigenvalue weighted by Gasteiger charge is 2.17. The van der Waals surface area contributed by atoms with Crippen molar-refractivity contribution in [3.05, 3.63) is 28.8 Å². The maximum absolute atomic E-state index is 11.9. The first kappa shape index (κ1) is 17.3. The molecular formula is C13H16Cl2O4S. The monoisotopic (exact) mass is 338 g/mol. The standard InChI is InChI=1S/C13H16Cl2O4S/c1-3-9(4-2)8-19-13(16)10-5-11(14)7-12(6-10)20(15,17)18/h5-7,9H,3-4,8H2,1-2H3. The van der Waals surface area contributed by atoms with E-state index in [0.29, 0.717) is 6.61 Å². The Balaban J connectivity index is 2.91. The fourth-order valence-electron chi connectivity index (χ4n) is 1.62. The van der Waals surface area contributed by atoms with Crippen LogP contribution in [0.4, 0.5) is 0 Å². The van der Waals surface area contributed by atoms with Crippen molar-refractivity contribution in [2.75, 3.05) is 6.61 Å². The lowest BCUT2D eigenvalue weighted by Crippen LogP contribution is -2.13. The molecule has 0 aliphatic rings. The van der Waals surface area contributed by atoms with Crippen LogP contribution >= 0.6 is 22.3 Å². The van der Waals surface area contributed by atoms with Crippen molar-refractivity contribution in [3.8, 4) is 0 Å². The quantitative estimate of drug-likeness (QED) is 0.583. The van der Waals surface area contributed by atoms with E-state index in [2.05, 4.69) is 0 Å². The Morgan fingerprint density at radius 1 is 1.25 bits per heavy atom. The van der Waals surface area contributed by atoms with Crippen molar-refractivity contribution in [3.63, 3.8) is 0 Å². The van der Waals surface area contributed by atoms with Crippen LogP contribution in [-0.4, -0.2) is 21.0 Å². The minimum absolute atomic E-state index is 0.0719. The number of ether oxygens (including phenoxy) is 1. The molecule has 0 aliphatic carbocycles. The van der Waals surface area contributed by atoms with Crippen LogP contribution in [0.5, 0.6) is 0 Å². The number of carbonyl (C=O) groups is 1. The summed E-state index contributed by atoms with van der Waals surface area (Å²) in [5.41, 5.74) is 0.0719. The molecule has 0 saturated heterocycles. The lowest BCUT2D eigenvalue weighted by atomic mass is 10.1. The van der Waals surface area contributed by atoms with Gasteiger partial charge in [-0.05, 0) is 24.1 Å². The molecule has 0 heterocycles. The number of esters is 1. The van der Waals surface area contributed by atoms with E-state index < -0.39 is 15.0 Å². The molecule has 0 atom stereocenters. The summed E-state index contributed by atoms with van der Waals surface area (Å²) < 4.78 is 27.7. The number of benzene rings is 1. The van der Waals surface area contributed by atoms with Crippen molar-refractivity contribution in [1.29, 1.82) is 0 Å². The molecule has 0 aliphatic heterocycles. The van der Waals surface area contributed by atoms with Gasteiger partial charge in [0.05, 0.1) is 17.1 Å². The van der Waals surface area contributed by atoms with Gasteiger partial charge in [0.15, 0.2) is 0 Å². The third-order valence-corrected chi connectivity index (χ3v) is 4.54. The van der Waals surface area contributed by atoms with E-state index in [1.165, 1.54) is 12.1 Å². The average molecular weight is 339 g/mol. The predicted molar refractivity (Wildman–Crippen MR) is 78.8 cm³/mol. The molecule has 0 aromatic heterocycles. The molecule has 4 nitrogen and oxygen atoms in total. The summed E-state index contributed by atoms with van der Waals surface area (Å²) in [6, 6.07) is 3.69. The first-order valence-electron chi connectivity index (χ1n) is 6.20. The van der Waals surface area contributed by atoms with Crippen molar-refractivity contribution in [1.82, 2.24) is 0 Å². The van der Waals surface area contributed by atoms with Gasteiger partial charge in [0, 0.05) is 15.7 Å². The smallest absolute Gasteiger partial charge is 0.338 e. The Kier molecular flexibility index (Phi) is 6.30. The lowest BCUT2D eigenvalue weighted by Gasteiger charge is -2.13. The van der Waals surface area contributed by atoms with Gasteiger partial charge in [-0.2, -0.15) is 0 Å². The Labute approximate surface area is 128 Å². The van der Waals surface area contributed by atoms with Crippen LogP contribution in [0.15, 0.2) is 23.1 Å². The molecule has 20 heavy (non-hydrogen) atoms. The zero-order valence-electron chi connectivity index (χ0n) is 11.2. The minimum atomic E-state index is -3.94. The molecular weight excluding hydrogens is 323 g/mol. The molecule has 0 spiro atoms. The zero-order chi connectivity index (χ0) is 15.3. The van der Waals surface area contributed by atoms with E-state index in [4.69, 9.17) is 27.0 Å². The van der Waals surface area contributed by atoms with E-state index in [1.807, 2.05) is 13.8 Å². The number of carbonyl (C=O) groups excluding carboxylic acids is 1. The molecule has 7 heteroatoms. The van der Waals surface area contributed by atoms with Crippen LogP contribution in [0, 0.1) is 5.92 Å². The van der Waals surface area contributed by atoms with Crippen LogP contribution in [-0.2, 0) is 13.8 Å². The van der Waals surface area contributed by atoms with Gasteiger partial charge in [-0.1, -0.05) is 38.3 Å². The summed E-state index contributed by atoms with van der Waals surface area (Å²) in [4.78, 5) is 11.7. The van der Waals surface area contributed by atoms with Crippen LogP contribution in [0.25, 0.3) is 0 Å². The van der Waals surface area contributed by atoms with Gasteiger partial charge in [-0.25, -0.2) is 13.2 Å². The summed E-state index contributed by atoms with van der Waals surface area (Å²) in [6.07, 6.45) is 1.81. The van der Waals surface area contributed by atoms with Crippen LogP contribution < -0.4 is 0 Å². The van der Waals surface area contributed by atoms with Gasteiger partial charge in [0.2, 0.25) is 0 Å². The molecule has 0 unspecified atom stereocenters. The maximum Gasteiger partial charge on any atom is 0.338 e. The predicted octanol–water partition coefficient (Wildman–Crippen LogP) is 3.86. The Morgan fingerprint density at radius 2 is 1.85 bits per heavy atom. The highest BCUT2D eigenvalue weighted by Crippen LogP contribution is 2.22. The molecule has 0 radical (unpaired) electrons. The summed E-state index contributed by atoms with van der Waals surface area (Å²) in [6.45, 7) is 4.32. The SMILES string of the molecule is CCC(CC)COC(=O)c1cc(Cl)cc(S(=O)(=O)Cl)c1. The molecule has 0 N–H and O–H groups in total. The van der Waals surface area contributed by atoms with E-state index in [0.717, 1.165) is 18.9 Å². The van der Waals surface area contributed by atoms with Crippen LogP contribution in [0.1, 0.15) is 37.0 Å². The molecule has 1 rings (SSSR count). The fraction of sp³-hybridized carbons (Fsp3) is 0.462. The first-order valence-corrected chi connectivity index (χ1v) is 8.89. The zero-order valence-corrected chi connectivity index (χ0v) is 13.6. The fourth-order valence-corrected chi connectivity index (χ4v) is 2.73. The molecule has 1 aromatic rings. The third kappa shape index (κ3) is 4.96. The number of hydrogen-bond acceptors (Lipinski definition) is 4. The molecule has 1 aromatic carbocycles. The van der Waals surface area contributed by atoms with E-state index in [-0.39, 0.29) is 21.4 Å². The van der Waals surface area contributed by atoms with Gasteiger partial charge < -0.3 is 4.74 Å². The van der Waals surface area contributed by atoms with Crippen molar-refractivity contribution < 1.29 is 17.9 Å². The summed E-state index contributed by atoms with van der Waals surface area (Å²) in [5.74, 6) is -0.324. The van der Waals surface area contributed by atoms with Gasteiger partial charge in [-0.15, -0.1) is 0 Å². The number of halogens is 2. The van der Waals surface area contributed by atoms with E-state index >= 15 is 0 Å². The highest BCUT2D eigenvalue weighted by atomic mass is 35.7. The third-order valence-electron chi connectivity index (χ3n) is 2.99. The first-order chi connectivity index (χ1) is 9.27. The Hall–Kier alpha value is -0.780. The van der Waals surface area contributed by atoms with Crippen LogP contribution in [0.3, 0.4) is 0 Å². The summed E-state index contributed by atoms with van der Waals surface area (Å²) in [7, 11) is 1.30. The van der Waals surface area contributed by atoms with Crippen molar-refractivity contribution in [2.45, 2.75) is 31.6 Å². The molecule has 0 fully saturated rings. The number of hydrogen-bond donors (Lipinski definition) is 0. The maximum atomic E-state index is 11.9. The molecule has 112 valence electrons.